The lowest BCUT2D eigenvalue weighted by molar-refractivity contribution is -0.123. The molecule has 2 heterocycles. The highest BCUT2D eigenvalue weighted by Gasteiger charge is 2.27. The van der Waals surface area contributed by atoms with Crippen LogP contribution in [0.5, 0.6) is 0 Å². The van der Waals surface area contributed by atoms with Gasteiger partial charge in [0.15, 0.2) is 0 Å². The number of hydrogen-bond acceptors (Lipinski definition) is 5. The van der Waals surface area contributed by atoms with E-state index in [2.05, 4.69) is 15.6 Å². The summed E-state index contributed by atoms with van der Waals surface area (Å²) in [6.07, 6.45) is 3.20. The second-order valence-electron chi connectivity index (χ2n) is 5.86. The molecule has 8 heteroatoms. The molecule has 0 atom stereocenters. The van der Waals surface area contributed by atoms with Crippen LogP contribution < -0.4 is 10.6 Å². The van der Waals surface area contributed by atoms with Gasteiger partial charge in [-0.3, -0.25) is 4.79 Å². The maximum absolute atomic E-state index is 12.4. The van der Waals surface area contributed by atoms with Crippen LogP contribution in [0.2, 0.25) is 0 Å². The van der Waals surface area contributed by atoms with Crippen molar-refractivity contribution in [3.05, 3.63) is 18.3 Å². The second kappa shape index (κ2) is 7.74. The molecule has 0 radical (unpaired) electrons. The molecule has 0 unspecified atom stereocenters. The number of nitrogens with zero attached hydrogens (tertiary/aromatic N) is 2. The highest BCUT2D eigenvalue weighted by Crippen LogP contribution is 2.20. The van der Waals surface area contributed by atoms with E-state index in [4.69, 9.17) is 0 Å². The summed E-state index contributed by atoms with van der Waals surface area (Å²) in [7, 11) is -3.42. The lowest BCUT2D eigenvalue weighted by Crippen LogP contribution is -2.32. The van der Waals surface area contributed by atoms with Gasteiger partial charge < -0.3 is 10.6 Å². The molecule has 1 saturated heterocycles. The molecule has 0 aliphatic carbocycles. The Balaban J connectivity index is 1.86. The van der Waals surface area contributed by atoms with E-state index in [-0.39, 0.29) is 16.7 Å². The number of pyridine rings is 1. The van der Waals surface area contributed by atoms with Crippen LogP contribution in [0.1, 0.15) is 26.7 Å². The van der Waals surface area contributed by atoms with E-state index in [1.54, 1.807) is 12.1 Å². The van der Waals surface area contributed by atoms with E-state index in [1.807, 2.05) is 13.8 Å². The minimum absolute atomic E-state index is 0.00631. The number of anilines is 1. The zero-order chi connectivity index (χ0) is 16.9. The van der Waals surface area contributed by atoms with Gasteiger partial charge >= 0.3 is 0 Å². The van der Waals surface area contributed by atoms with Crippen LogP contribution >= 0.6 is 0 Å². The maximum atomic E-state index is 12.4. The molecule has 1 aliphatic heterocycles. The zero-order valence-corrected chi connectivity index (χ0v) is 14.4. The molecule has 2 rings (SSSR count). The summed E-state index contributed by atoms with van der Waals surface area (Å²) in [6, 6.07) is 3.21. The molecule has 23 heavy (non-hydrogen) atoms. The van der Waals surface area contributed by atoms with Gasteiger partial charge in [0.2, 0.25) is 15.9 Å². The van der Waals surface area contributed by atoms with Gasteiger partial charge in [0.1, 0.15) is 10.7 Å². The minimum atomic E-state index is -3.42. The molecule has 1 aromatic rings. The molecule has 7 nitrogen and oxygen atoms in total. The Labute approximate surface area is 137 Å². The van der Waals surface area contributed by atoms with Crippen LogP contribution in [0.4, 0.5) is 5.82 Å². The first-order valence-corrected chi connectivity index (χ1v) is 9.33. The van der Waals surface area contributed by atoms with Crippen molar-refractivity contribution >= 4 is 21.7 Å². The van der Waals surface area contributed by atoms with Crippen LogP contribution in [-0.2, 0) is 14.8 Å². The van der Waals surface area contributed by atoms with Gasteiger partial charge in [-0.2, -0.15) is 4.31 Å². The molecule has 2 N–H and O–H groups in total. The summed E-state index contributed by atoms with van der Waals surface area (Å²) in [6.45, 7) is 5.86. The number of nitrogens with one attached hydrogen (secondary N) is 2. The summed E-state index contributed by atoms with van der Waals surface area (Å²) in [5.41, 5.74) is 0. The SMILES string of the molecule is CC(C)C(=O)NCCNc1ccc(S(=O)(=O)N2CCCC2)cn1. The lowest BCUT2D eigenvalue weighted by atomic mass is 10.2. The zero-order valence-electron chi connectivity index (χ0n) is 13.6. The monoisotopic (exact) mass is 340 g/mol. The van der Waals surface area contributed by atoms with Crippen molar-refractivity contribution in [2.75, 3.05) is 31.5 Å². The molecule has 0 aromatic carbocycles. The lowest BCUT2D eigenvalue weighted by Gasteiger charge is -2.15. The number of hydrogen-bond donors (Lipinski definition) is 2. The van der Waals surface area contributed by atoms with E-state index >= 15 is 0 Å². The molecule has 1 fully saturated rings. The van der Waals surface area contributed by atoms with Crippen molar-refractivity contribution in [1.82, 2.24) is 14.6 Å². The van der Waals surface area contributed by atoms with Gasteiger partial charge in [-0.15, -0.1) is 0 Å². The van der Waals surface area contributed by atoms with E-state index < -0.39 is 10.0 Å². The predicted octanol–water partition coefficient (Wildman–Crippen LogP) is 1.05. The number of rotatable bonds is 7. The number of carbonyl (C=O) groups is 1. The fourth-order valence-electron chi connectivity index (χ4n) is 2.30. The van der Waals surface area contributed by atoms with Gasteiger partial charge in [-0.05, 0) is 25.0 Å². The van der Waals surface area contributed by atoms with Crippen LogP contribution in [-0.4, -0.2) is 49.8 Å². The molecule has 0 saturated carbocycles. The van der Waals surface area contributed by atoms with Gasteiger partial charge in [0.05, 0.1) is 0 Å². The average molecular weight is 340 g/mol. The smallest absolute Gasteiger partial charge is 0.244 e. The first-order valence-electron chi connectivity index (χ1n) is 7.89. The second-order valence-corrected chi connectivity index (χ2v) is 7.80. The normalized spacial score (nSPS) is 15.8. The summed E-state index contributed by atoms with van der Waals surface area (Å²) in [5.74, 6) is 0.555. The molecule has 1 aliphatic rings. The van der Waals surface area contributed by atoms with Gasteiger partial charge in [0, 0.05) is 38.3 Å². The van der Waals surface area contributed by atoms with E-state index in [1.165, 1.54) is 10.5 Å². The molecule has 0 spiro atoms. The fourth-order valence-corrected chi connectivity index (χ4v) is 3.76. The number of carbonyl (C=O) groups excluding carboxylic acids is 1. The molecule has 1 aromatic heterocycles. The van der Waals surface area contributed by atoms with E-state index in [9.17, 15) is 13.2 Å². The van der Waals surface area contributed by atoms with E-state index in [0.29, 0.717) is 32.0 Å². The Hall–Kier alpha value is -1.67. The van der Waals surface area contributed by atoms with Crippen molar-refractivity contribution in [2.24, 2.45) is 5.92 Å². The quantitative estimate of drug-likeness (QED) is 0.724. The van der Waals surface area contributed by atoms with Crippen LogP contribution in [0.25, 0.3) is 0 Å². The van der Waals surface area contributed by atoms with Crippen molar-refractivity contribution in [2.45, 2.75) is 31.6 Å². The minimum Gasteiger partial charge on any atom is -0.368 e. The summed E-state index contributed by atoms with van der Waals surface area (Å²) >= 11 is 0. The van der Waals surface area contributed by atoms with Gasteiger partial charge in [-0.25, -0.2) is 13.4 Å². The molecule has 128 valence electrons. The molecular weight excluding hydrogens is 316 g/mol. The largest absolute Gasteiger partial charge is 0.368 e. The van der Waals surface area contributed by atoms with Gasteiger partial charge in [0.25, 0.3) is 0 Å². The Morgan fingerprint density at radius 2 is 1.96 bits per heavy atom. The Kier molecular flexibility index (Phi) is 5.95. The third-order valence-corrected chi connectivity index (χ3v) is 5.58. The standard InChI is InChI=1S/C15H24N4O3S/c1-12(2)15(20)17-8-7-16-14-6-5-13(11-18-14)23(21,22)19-9-3-4-10-19/h5-6,11-12H,3-4,7-10H2,1-2H3,(H,16,18)(H,17,20). The first-order chi connectivity index (χ1) is 10.9. The topological polar surface area (TPSA) is 91.4 Å². The summed E-state index contributed by atoms with van der Waals surface area (Å²) < 4.78 is 26.2. The summed E-state index contributed by atoms with van der Waals surface area (Å²) in [4.78, 5) is 15.8. The summed E-state index contributed by atoms with van der Waals surface area (Å²) in [5, 5.41) is 5.85. The fraction of sp³-hybridized carbons (Fsp3) is 0.600. The highest BCUT2D eigenvalue weighted by molar-refractivity contribution is 7.89. The molecule has 1 amide bonds. The predicted molar refractivity (Wildman–Crippen MR) is 88.6 cm³/mol. The van der Waals surface area contributed by atoms with E-state index in [0.717, 1.165) is 12.8 Å². The third-order valence-electron chi connectivity index (χ3n) is 3.69. The maximum Gasteiger partial charge on any atom is 0.244 e. The van der Waals surface area contributed by atoms with Crippen molar-refractivity contribution in [3.8, 4) is 0 Å². The molecule has 0 bridgehead atoms. The number of amides is 1. The molecular formula is C15H24N4O3S. The Bertz CT molecular complexity index is 623. The van der Waals surface area contributed by atoms with Crippen molar-refractivity contribution < 1.29 is 13.2 Å². The van der Waals surface area contributed by atoms with Crippen molar-refractivity contribution in [1.29, 1.82) is 0 Å². The third kappa shape index (κ3) is 4.65. The highest BCUT2D eigenvalue weighted by atomic mass is 32.2. The van der Waals surface area contributed by atoms with Crippen molar-refractivity contribution in [3.63, 3.8) is 0 Å². The van der Waals surface area contributed by atoms with Crippen LogP contribution in [0.15, 0.2) is 23.2 Å². The number of aromatic nitrogens is 1. The Morgan fingerprint density at radius 3 is 2.52 bits per heavy atom. The van der Waals surface area contributed by atoms with Crippen LogP contribution in [0.3, 0.4) is 0 Å². The average Bonchev–Trinajstić information content (AvgIpc) is 3.07. The van der Waals surface area contributed by atoms with Crippen LogP contribution in [0, 0.1) is 5.92 Å². The number of sulfonamides is 1. The Morgan fingerprint density at radius 1 is 1.26 bits per heavy atom. The van der Waals surface area contributed by atoms with Gasteiger partial charge in [-0.1, -0.05) is 13.8 Å². The first kappa shape index (κ1) is 17.7.